The van der Waals surface area contributed by atoms with Crippen molar-refractivity contribution in [1.29, 1.82) is 0 Å². The Hall–Kier alpha value is -0.900. The fraction of sp³-hybridized carbons (Fsp3) is 0.750. The maximum absolute atomic E-state index is 11.6. The van der Waals surface area contributed by atoms with Gasteiger partial charge >= 0.3 is 0 Å². The van der Waals surface area contributed by atoms with Crippen molar-refractivity contribution in [3.63, 3.8) is 0 Å². The smallest absolute Gasteiger partial charge is 0.256 e. The Morgan fingerprint density at radius 3 is 2.75 bits per heavy atom. The molecule has 1 atom stereocenters. The highest BCUT2D eigenvalue weighted by atomic mass is 16.2. The molecule has 1 unspecified atom stereocenters. The highest BCUT2D eigenvalue weighted by molar-refractivity contribution is 6.00. The van der Waals surface area contributed by atoms with Gasteiger partial charge in [-0.15, -0.1) is 0 Å². The lowest BCUT2D eigenvalue weighted by molar-refractivity contribution is -0.129. The van der Waals surface area contributed by atoms with Gasteiger partial charge < -0.3 is 9.80 Å². The summed E-state index contributed by atoms with van der Waals surface area (Å²) in [6.07, 6.45) is 2.50. The standard InChI is InChI=1S/C8H13N3O/c1-10-4-3-8(5-10)7(12)11(2)6-9-8/h6H,3-5H2,1-2H3. The molecule has 1 saturated heterocycles. The molecule has 2 aliphatic heterocycles. The predicted octanol–water partition coefficient (Wildman–Crippen LogP) is -0.439. The normalized spacial score (nSPS) is 35.8. The van der Waals surface area contributed by atoms with E-state index >= 15 is 0 Å². The van der Waals surface area contributed by atoms with Crippen LogP contribution in [0.3, 0.4) is 0 Å². The summed E-state index contributed by atoms with van der Waals surface area (Å²) in [4.78, 5) is 19.7. The van der Waals surface area contributed by atoms with E-state index in [1.807, 2.05) is 7.05 Å². The van der Waals surface area contributed by atoms with E-state index in [1.165, 1.54) is 0 Å². The molecule has 0 aromatic rings. The minimum absolute atomic E-state index is 0.145. The van der Waals surface area contributed by atoms with E-state index in [2.05, 4.69) is 9.89 Å². The van der Waals surface area contributed by atoms with Crippen molar-refractivity contribution in [2.24, 2.45) is 4.99 Å². The van der Waals surface area contributed by atoms with Crippen LogP contribution in [-0.4, -0.2) is 54.8 Å². The topological polar surface area (TPSA) is 35.9 Å². The lowest BCUT2D eigenvalue weighted by Gasteiger charge is -2.18. The summed E-state index contributed by atoms with van der Waals surface area (Å²) in [5, 5.41) is 0. The molecule has 66 valence electrons. The number of nitrogens with zero attached hydrogens (tertiary/aromatic N) is 3. The van der Waals surface area contributed by atoms with Crippen molar-refractivity contribution >= 4 is 12.2 Å². The molecule has 2 aliphatic rings. The van der Waals surface area contributed by atoms with Crippen LogP contribution in [0, 0.1) is 0 Å². The number of rotatable bonds is 0. The van der Waals surface area contributed by atoms with Crippen LogP contribution in [0.4, 0.5) is 0 Å². The zero-order valence-electron chi connectivity index (χ0n) is 7.45. The maximum Gasteiger partial charge on any atom is 0.256 e. The fourth-order valence-electron chi connectivity index (χ4n) is 1.89. The highest BCUT2D eigenvalue weighted by Gasteiger charge is 2.47. The minimum atomic E-state index is -0.427. The summed E-state index contributed by atoms with van der Waals surface area (Å²) in [5.41, 5.74) is -0.427. The third-order valence-electron chi connectivity index (χ3n) is 2.64. The van der Waals surface area contributed by atoms with Gasteiger partial charge in [-0.05, 0) is 13.5 Å². The van der Waals surface area contributed by atoms with E-state index in [-0.39, 0.29) is 5.91 Å². The Balaban J connectivity index is 2.24. The molecule has 0 aromatic carbocycles. The quantitative estimate of drug-likeness (QED) is 0.490. The number of hydrogen-bond donors (Lipinski definition) is 0. The van der Waals surface area contributed by atoms with Crippen molar-refractivity contribution in [3.05, 3.63) is 0 Å². The molecule has 0 aromatic heterocycles. The van der Waals surface area contributed by atoms with Gasteiger partial charge in [0.1, 0.15) is 0 Å². The van der Waals surface area contributed by atoms with Gasteiger partial charge in [0.15, 0.2) is 5.54 Å². The Labute approximate surface area is 71.9 Å². The molecule has 1 fully saturated rings. The summed E-state index contributed by atoms with van der Waals surface area (Å²) >= 11 is 0. The molecule has 0 bridgehead atoms. The molecule has 2 rings (SSSR count). The van der Waals surface area contributed by atoms with Gasteiger partial charge in [0, 0.05) is 20.1 Å². The molecule has 0 saturated carbocycles. The fourth-order valence-corrected chi connectivity index (χ4v) is 1.89. The van der Waals surface area contributed by atoms with E-state index in [0.29, 0.717) is 0 Å². The number of carbonyl (C=O) groups excluding carboxylic acids is 1. The first kappa shape index (κ1) is 7.73. The summed E-state index contributed by atoms with van der Waals surface area (Å²) in [5.74, 6) is 0.145. The van der Waals surface area contributed by atoms with Crippen molar-refractivity contribution in [1.82, 2.24) is 9.80 Å². The molecule has 4 nitrogen and oxygen atoms in total. The van der Waals surface area contributed by atoms with Gasteiger partial charge in [0.2, 0.25) is 0 Å². The van der Waals surface area contributed by atoms with Gasteiger partial charge in [-0.2, -0.15) is 0 Å². The van der Waals surface area contributed by atoms with Crippen LogP contribution in [0.15, 0.2) is 4.99 Å². The van der Waals surface area contributed by atoms with Crippen molar-refractivity contribution in [2.45, 2.75) is 12.0 Å². The third-order valence-corrected chi connectivity index (χ3v) is 2.64. The van der Waals surface area contributed by atoms with Crippen LogP contribution in [0.5, 0.6) is 0 Å². The van der Waals surface area contributed by atoms with E-state index in [4.69, 9.17) is 0 Å². The maximum atomic E-state index is 11.6. The second kappa shape index (κ2) is 2.29. The van der Waals surface area contributed by atoms with E-state index in [9.17, 15) is 4.79 Å². The van der Waals surface area contributed by atoms with Crippen LogP contribution < -0.4 is 0 Å². The monoisotopic (exact) mass is 167 g/mol. The number of hydrogen-bond acceptors (Lipinski definition) is 3. The van der Waals surface area contributed by atoms with Crippen LogP contribution in [0.2, 0.25) is 0 Å². The number of aliphatic imine (C=N–C) groups is 1. The molecular weight excluding hydrogens is 154 g/mol. The van der Waals surface area contributed by atoms with Crippen LogP contribution in [0.1, 0.15) is 6.42 Å². The number of likely N-dealkylation sites (N-methyl/N-ethyl adjacent to an activating group) is 2. The molecule has 1 spiro atoms. The van der Waals surface area contributed by atoms with Crippen molar-refractivity contribution < 1.29 is 4.79 Å². The SMILES string of the molecule is CN1CCC2(C1)N=CN(C)C2=O. The van der Waals surface area contributed by atoms with Gasteiger partial charge in [0.05, 0.1) is 6.34 Å². The molecule has 12 heavy (non-hydrogen) atoms. The van der Waals surface area contributed by atoms with Crippen molar-refractivity contribution in [3.8, 4) is 0 Å². The van der Waals surface area contributed by atoms with Crippen LogP contribution in [0.25, 0.3) is 0 Å². The lowest BCUT2D eigenvalue weighted by Crippen LogP contribution is -2.41. The Morgan fingerprint density at radius 1 is 1.58 bits per heavy atom. The second-order valence-corrected chi connectivity index (χ2v) is 3.68. The average molecular weight is 167 g/mol. The predicted molar refractivity (Wildman–Crippen MR) is 46.1 cm³/mol. The summed E-state index contributed by atoms with van der Waals surface area (Å²) in [6.45, 7) is 1.74. The first-order chi connectivity index (χ1) is 5.64. The van der Waals surface area contributed by atoms with Crippen LogP contribution in [-0.2, 0) is 4.79 Å². The Kier molecular flexibility index (Phi) is 1.48. The molecule has 4 heteroatoms. The van der Waals surface area contributed by atoms with Gasteiger partial charge in [-0.1, -0.05) is 0 Å². The van der Waals surface area contributed by atoms with Gasteiger partial charge in [0.25, 0.3) is 5.91 Å². The second-order valence-electron chi connectivity index (χ2n) is 3.68. The first-order valence-electron chi connectivity index (χ1n) is 4.15. The first-order valence-corrected chi connectivity index (χ1v) is 4.15. The largest absolute Gasteiger partial charge is 0.304 e. The lowest BCUT2D eigenvalue weighted by atomic mass is 9.99. The molecule has 0 aliphatic carbocycles. The highest BCUT2D eigenvalue weighted by Crippen LogP contribution is 2.29. The summed E-state index contributed by atoms with van der Waals surface area (Å²) in [7, 11) is 3.79. The van der Waals surface area contributed by atoms with E-state index in [0.717, 1.165) is 19.5 Å². The van der Waals surface area contributed by atoms with E-state index in [1.54, 1.807) is 18.3 Å². The zero-order chi connectivity index (χ0) is 8.77. The third kappa shape index (κ3) is 0.876. The minimum Gasteiger partial charge on any atom is -0.304 e. The van der Waals surface area contributed by atoms with Crippen LogP contribution >= 0.6 is 0 Å². The van der Waals surface area contributed by atoms with Gasteiger partial charge in [-0.3, -0.25) is 9.79 Å². The van der Waals surface area contributed by atoms with Gasteiger partial charge in [-0.25, -0.2) is 0 Å². The number of likely N-dealkylation sites (tertiary alicyclic amines) is 1. The summed E-state index contributed by atoms with van der Waals surface area (Å²) < 4.78 is 0. The Bertz CT molecular complexity index is 251. The molecule has 2 heterocycles. The van der Waals surface area contributed by atoms with E-state index < -0.39 is 5.54 Å². The average Bonchev–Trinajstić information content (AvgIpc) is 2.53. The number of carbonyl (C=O) groups is 1. The molecule has 0 N–H and O–H groups in total. The molecular formula is C8H13N3O. The zero-order valence-corrected chi connectivity index (χ0v) is 7.45. The summed E-state index contributed by atoms with van der Waals surface area (Å²) in [6, 6.07) is 0. The molecule has 1 amide bonds. The number of amides is 1. The Morgan fingerprint density at radius 2 is 2.33 bits per heavy atom. The van der Waals surface area contributed by atoms with Crippen molar-refractivity contribution in [2.75, 3.05) is 27.2 Å². The molecule has 0 radical (unpaired) electrons.